The molecule has 39 heavy (non-hydrogen) atoms. The first-order chi connectivity index (χ1) is 18.4. The number of amides is 2. The summed E-state index contributed by atoms with van der Waals surface area (Å²) in [6.45, 7) is 2.34. The van der Waals surface area contributed by atoms with Crippen LogP contribution in [0.5, 0.6) is 0 Å². The Kier molecular flexibility index (Phi) is 8.69. The molecule has 4 N–H and O–H groups in total. The number of carbonyl (C=O) groups is 2. The number of fused-ring (bicyclic) bond motifs is 4. The van der Waals surface area contributed by atoms with Gasteiger partial charge in [0.2, 0.25) is 5.91 Å². The normalized spacial score (nSPS) is 12.7. The second-order valence-corrected chi connectivity index (χ2v) is 9.40. The van der Waals surface area contributed by atoms with Crippen molar-refractivity contribution in [2.24, 2.45) is 5.73 Å². The molecule has 0 spiro atoms. The zero-order valence-electron chi connectivity index (χ0n) is 21.4. The maximum atomic E-state index is 13.1. The average molecular weight is 548 g/mol. The molecule has 0 aliphatic heterocycles. The molecule has 8 nitrogen and oxygen atoms in total. The van der Waals surface area contributed by atoms with Crippen LogP contribution in [0.25, 0.3) is 22.1 Å². The van der Waals surface area contributed by atoms with Crippen molar-refractivity contribution >= 4 is 41.1 Å². The third kappa shape index (κ3) is 5.97. The zero-order chi connectivity index (χ0) is 26.6. The highest BCUT2D eigenvalue weighted by molar-refractivity contribution is 5.98. The molecule has 0 radical (unpaired) electrons. The highest BCUT2D eigenvalue weighted by Gasteiger charge is 2.29. The summed E-state index contributed by atoms with van der Waals surface area (Å²) in [5.74, 6) is -0.499. The van der Waals surface area contributed by atoms with Gasteiger partial charge in [0, 0.05) is 29.1 Å². The van der Waals surface area contributed by atoms with Crippen LogP contribution in [0, 0.1) is 6.92 Å². The van der Waals surface area contributed by atoms with E-state index in [-0.39, 0.29) is 24.9 Å². The quantitative estimate of drug-likeness (QED) is 0.263. The third-order valence-corrected chi connectivity index (χ3v) is 6.87. The lowest BCUT2D eigenvalue weighted by molar-refractivity contribution is -0.118. The number of nitrogens with one attached hydrogen (secondary N) is 2. The van der Waals surface area contributed by atoms with E-state index in [1.54, 1.807) is 18.2 Å². The molecule has 3 aromatic carbocycles. The fourth-order valence-electron chi connectivity index (χ4n) is 5.01. The van der Waals surface area contributed by atoms with E-state index in [1.165, 1.54) is 6.07 Å². The lowest BCUT2D eigenvalue weighted by Gasteiger charge is -2.20. The van der Waals surface area contributed by atoms with Crippen molar-refractivity contribution in [1.82, 2.24) is 5.32 Å². The van der Waals surface area contributed by atoms with Crippen LogP contribution in [0.2, 0.25) is 0 Å². The minimum atomic E-state index is -0.852. The summed E-state index contributed by atoms with van der Waals surface area (Å²) in [7, 11) is 0. The van der Waals surface area contributed by atoms with Gasteiger partial charge in [-0.15, -0.1) is 12.4 Å². The zero-order valence-corrected chi connectivity index (χ0v) is 22.3. The minimum absolute atomic E-state index is 0. The van der Waals surface area contributed by atoms with Crippen LogP contribution in [-0.2, 0) is 9.53 Å². The Morgan fingerprint density at radius 3 is 2.33 bits per heavy atom. The predicted octanol–water partition coefficient (Wildman–Crippen LogP) is 5.11. The highest BCUT2D eigenvalue weighted by atomic mass is 35.5. The van der Waals surface area contributed by atoms with Gasteiger partial charge in [-0.05, 0) is 66.3 Å². The van der Waals surface area contributed by atoms with Crippen LogP contribution < -0.4 is 22.0 Å². The molecule has 0 saturated heterocycles. The molecule has 0 saturated carbocycles. The minimum Gasteiger partial charge on any atom is -0.449 e. The standard InChI is InChI=1S/C30H29N3O5.ClH/c1-18-15-28(34)38-27-16-19(12-13-20(18)27)32-29(35)26(11-6-14-31)33-30(36)37-17-25-23-9-4-2-7-21(23)22-8-3-5-10-24(22)25;/h2-5,7-10,12-13,15-16,25-26H,6,11,14,17,31H2,1H3,(H,32,35)(H,33,36);1H. The highest BCUT2D eigenvalue weighted by Crippen LogP contribution is 2.44. The van der Waals surface area contributed by atoms with E-state index in [9.17, 15) is 14.4 Å². The van der Waals surface area contributed by atoms with Crippen LogP contribution in [0.15, 0.2) is 82.0 Å². The van der Waals surface area contributed by atoms with E-state index in [0.717, 1.165) is 33.2 Å². The number of carbonyl (C=O) groups excluding carboxylic acids is 2. The summed E-state index contributed by atoms with van der Waals surface area (Å²) >= 11 is 0. The van der Waals surface area contributed by atoms with E-state index < -0.39 is 23.7 Å². The molecule has 0 fully saturated rings. The molecular formula is C30H30ClN3O5. The number of hydrogen-bond donors (Lipinski definition) is 3. The van der Waals surface area contributed by atoms with E-state index in [0.29, 0.717) is 30.7 Å². The van der Waals surface area contributed by atoms with Crippen LogP contribution in [0.3, 0.4) is 0 Å². The summed E-state index contributed by atoms with van der Waals surface area (Å²) in [5.41, 5.74) is 11.3. The molecule has 5 rings (SSSR count). The van der Waals surface area contributed by atoms with Crippen molar-refractivity contribution in [3.63, 3.8) is 0 Å². The monoisotopic (exact) mass is 547 g/mol. The van der Waals surface area contributed by atoms with Crippen molar-refractivity contribution in [2.45, 2.75) is 31.7 Å². The Bertz CT molecular complexity index is 1520. The number of aryl methyl sites for hydroxylation is 1. The van der Waals surface area contributed by atoms with Crippen LogP contribution in [0.1, 0.15) is 35.4 Å². The Hall–Kier alpha value is -4.14. The predicted molar refractivity (Wildman–Crippen MR) is 153 cm³/mol. The Labute approximate surface area is 232 Å². The first-order valence-corrected chi connectivity index (χ1v) is 12.6. The molecule has 202 valence electrons. The summed E-state index contributed by atoms with van der Waals surface area (Å²) in [5, 5.41) is 6.27. The van der Waals surface area contributed by atoms with Gasteiger partial charge in [0.1, 0.15) is 18.2 Å². The molecule has 0 bridgehead atoms. The van der Waals surface area contributed by atoms with Gasteiger partial charge in [0.05, 0.1) is 0 Å². The Balaban J connectivity index is 0.00000353. The number of alkyl carbamates (subject to hydrolysis) is 1. The average Bonchev–Trinajstić information content (AvgIpc) is 3.23. The van der Waals surface area contributed by atoms with Gasteiger partial charge in [-0.25, -0.2) is 9.59 Å². The maximum Gasteiger partial charge on any atom is 0.407 e. The molecule has 1 atom stereocenters. The van der Waals surface area contributed by atoms with E-state index in [2.05, 4.69) is 22.8 Å². The van der Waals surface area contributed by atoms with E-state index in [4.69, 9.17) is 14.9 Å². The largest absolute Gasteiger partial charge is 0.449 e. The first-order valence-electron chi connectivity index (χ1n) is 12.6. The smallest absolute Gasteiger partial charge is 0.407 e. The summed E-state index contributed by atoms with van der Waals surface area (Å²) < 4.78 is 10.9. The molecule has 1 heterocycles. The van der Waals surface area contributed by atoms with Crippen molar-refractivity contribution in [3.05, 3.63) is 99.9 Å². The third-order valence-electron chi connectivity index (χ3n) is 6.87. The van der Waals surface area contributed by atoms with Crippen molar-refractivity contribution in [2.75, 3.05) is 18.5 Å². The van der Waals surface area contributed by atoms with Gasteiger partial charge in [-0.2, -0.15) is 0 Å². The Morgan fingerprint density at radius 1 is 1.00 bits per heavy atom. The van der Waals surface area contributed by atoms with Crippen molar-refractivity contribution in [1.29, 1.82) is 0 Å². The summed E-state index contributed by atoms with van der Waals surface area (Å²) in [4.78, 5) is 37.7. The SMILES string of the molecule is Cc1cc(=O)oc2cc(NC(=O)C(CCCN)NC(=O)OCC3c4ccccc4-c4ccccc43)ccc12.Cl. The molecule has 1 aliphatic rings. The fourth-order valence-corrected chi connectivity index (χ4v) is 5.01. The molecular weight excluding hydrogens is 518 g/mol. The fraction of sp³-hybridized carbons (Fsp3) is 0.233. The molecule has 1 unspecified atom stereocenters. The lowest BCUT2D eigenvalue weighted by atomic mass is 9.98. The topological polar surface area (TPSA) is 124 Å². The maximum absolute atomic E-state index is 13.1. The number of hydrogen-bond acceptors (Lipinski definition) is 6. The number of halogens is 1. The van der Waals surface area contributed by atoms with E-state index >= 15 is 0 Å². The summed E-state index contributed by atoms with van der Waals surface area (Å²) in [6.07, 6.45) is 0.200. The molecule has 4 aromatic rings. The molecule has 1 aromatic heterocycles. The number of anilines is 1. The molecule has 2 amide bonds. The number of ether oxygens (including phenoxy) is 1. The second-order valence-electron chi connectivity index (χ2n) is 9.40. The molecule has 9 heteroatoms. The number of nitrogens with two attached hydrogens (primary N) is 1. The number of benzene rings is 3. The van der Waals surface area contributed by atoms with Gasteiger partial charge in [0.15, 0.2) is 0 Å². The van der Waals surface area contributed by atoms with E-state index in [1.807, 2.05) is 43.3 Å². The van der Waals surface area contributed by atoms with Crippen LogP contribution >= 0.6 is 12.4 Å². The Morgan fingerprint density at radius 2 is 1.67 bits per heavy atom. The number of rotatable bonds is 8. The van der Waals surface area contributed by atoms with Gasteiger partial charge < -0.3 is 25.5 Å². The first kappa shape index (κ1) is 27.9. The van der Waals surface area contributed by atoms with Gasteiger partial charge >= 0.3 is 11.7 Å². The molecule has 1 aliphatic carbocycles. The van der Waals surface area contributed by atoms with Crippen LogP contribution in [-0.4, -0.2) is 31.2 Å². The van der Waals surface area contributed by atoms with Gasteiger partial charge in [0.25, 0.3) is 0 Å². The second kappa shape index (κ2) is 12.1. The van der Waals surface area contributed by atoms with Gasteiger partial charge in [-0.1, -0.05) is 48.5 Å². The van der Waals surface area contributed by atoms with Crippen LogP contribution in [0.4, 0.5) is 10.5 Å². The van der Waals surface area contributed by atoms with Crippen molar-refractivity contribution in [3.8, 4) is 11.1 Å². The van der Waals surface area contributed by atoms with Gasteiger partial charge in [-0.3, -0.25) is 4.79 Å². The lowest BCUT2D eigenvalue weighted by Crippen LogP contribution is -2.44. The van der Waals surface area contributed by atoms with Crippen molar-refractivity contribution < 1.29 is 18.7 Å². The summed E-state index contributed by atoms with van der Waals surface area (Å²) in [6, 6.07) is 21.8.